The van der Waals surface area contributed by atoms with Gasteiger partial charge in [-0.15, -0.1) is 24.0 Å². The highest BCUT2D eigenvalue weighted by molar-refractivity contribution is 14.0. The molecule has 3 rings (SSSR count). The van der Waals surface area contributed by atoms with Crippen LogP contribution in [0.25, 0.3) is 0 Å². The van der Waals surface area contributed by atoms with Crippen molar-refractivity contribution < 1.29 is 13.2 Å². The molecule has 1 atom stereocenters. The molecule has 0 amide bonds. The molecule has 29 heavy (non-hydrogen) atoms. The van der Waals surface area contributed by atoms with Crippen LogP contribution < -0.4 is 10.6 Å². The molecule has 0 spiro atoms. The van der Waals surface area contributed by atoms with Gasteiger partial charge in [-0.2, -0.15) is 23.4 Å². The van der Waals surface area contributed by atoms with Gasteiger partial charge in [-0.1, -0.05) is 6.92 Å². The van der Waals surface area contributed by atoms with Gasteiger partial charge in [0.15, 0.2) is 17.5 Å². The number of aryl methyl sites for hydroxylation is 3. The van der Waals surface area contributed by atoms with E-state index in [4.69, 9.17) is 0 Å². The van der Waals surface area contributed by atoms with Crippen molar-refractivity contribution in [3.8, 4) is 0 Å². The van der Waals surface area contributed by atoms with Gasteiger partial charge in [0.25, 0.3) is 0 Å². The SMILES string of the molecule is CCNC(=NCc1cn(C)nc1C(F)(F)F)NC1CCc2nc(CC)nn2C1.I. The van der Waals surface area contributed by atoms with E-state index >= 15 is 0 Å². The molecule has 2 aromatic rings. The Hall–Kier alpha value is -1.86. The average Bonchev–Trinajstić information content (AvgIpc) is 3.22. The first-order chi connectivity index (χ1) is 13.3. The highest BCUT2D eigenvalue weighted by Gasteiger charge is 2.36. The zero-order valence-electron chi connectivity index (χ0n) is 16.6. The van der Waals surface area contributed by atoms with E-state index < -0.39 is 11.9 Å². The van der Waals surface area contributed by atoms with Gasteiger partial charge in [-0.05, 0) is 13.3 Å². The lowest BCUT2D eigenvalue weighted by molar-refractivity contribution is -0.142. The second-order valence-corrected chi connectivity index (χ2v) is 6.73. The van der Waals surface area contributed by atoms with Gasteiger partial charge in [0.2, 0.25) is 0 Å². The molecule has 0 radical (unpaired) electrons. The normalized spacial score (nSPS) is 16.9. The lowest BCUT2D eigenvalue weighted by atomic mass is 10.1. The molecule has 162 valence electrons. The number of hydrogen-bond donors (Lipinski definition) is 2. The summed E-state index contributed by atoms with van der Waals surface area (Å²) >= 11 is 0. The van der Waals surface area contributed by atoms with Crippen LogP contribution in [0.15, 0.2) is 11.2 Å². The van der Waals surface area contributed by atoms with Crippen molar-refractivity contribution in [2.75, 3.05) is 6.54 Å². The predicted molar refractivity (Wildman–Crippen MR) is 113 cm³/mol. The fourth-order valence-electron chi connectivity index (χ4n) is 3.20. The van der Waals surface area contributed by atoms with Gasteiger partial charge in [0.1, 0.15) is 5.82 Å². The highest BCUT2D eigenvalue weighted by Crippen LogP contribution is 2.30. The number of aromatic nitrogens is 5. The van der Waals surface area contributed by atoms with Crippen LogP contribution in [0, 0.1) is 0 Å². The standard InChI is InChI=1S/C17H25F3N8.HI/c1-4-13-24-14-7-6-12(10-28(14)25-13)23-16(21-5-2)22-8-11-9-27(3)26-15(11)17(18,19)20;/h9,12H,4-8,10H2,1-3H3,(H2,21,22,23);1H. The molecule has 0 fully saturated rings. The summed E-state index contributed by atoms with van der Waals surface area (Å²) in [6.07, 6.45) is -0.709. The monoisotopic (exact) mass is 526 g/mol. The van der Waals surface area contributed by atoms with Gasteiger partial charge in [0.05, 0.1) is 13.1 Å². The summed E-state index contributed by atoms with van der Waals surface area (Å²) in [7, 11) is 1.47. The zero-order valence-corrected chi connectivity index (χ0v) is 19.0. The van der Waals surface area contributed by atoms with Crippen molar-refractivity contribution in [1.29, 1.82) is 0 Å². The summed E-state index contributed by atoms with van der Waals surface area (Å²) in [6, 6.07) is 0.0766. The third-order valence-corrected chi connectivity index (χ3v) is 4.48. The van der Waals surface area contributed by atoms with Crippen molar-refractivity contribution in [1.82, 2.24) is 35.2 Å². The molecule has 1 aliphatic heterocycles. The second-order valence-electron chi connectivity index (χ2n) is 6.73. The highest BCUT2D eigenvalue weighted by atomic mass is 127. The molecule has 1 unspecified atom stereocenters. The second kappa shape index (κ2) is 9.76. The van der Waals surface area contributed by atoms with Crippen molar-refractivity contribution in [3.63, 3.8) is 0 Å². The lowest BCUT2D eigenvalue weighted by Gasteiger charge is -2.25. The number of guanidine groups is 1. The van der Waals surface area contributed by atoms with Gasteiger partial charge in [-0.3, -0.25) is 4.68 Å². The Labute approximate surface area is 184 Å². The smallest absolute Gasteiger partial charge is 0.357 e. The predicted octanol–water partition coefficient (Wildman–Crippen LogP) is 2.28. The average molecular weight is 526 g/mol. The maximum absolute atomic E-state index is 13.1. The molecule has 8 nitrogen and oxygen atoms in total. The van der Waals surface area contributed by atoms with E-state index in [1.807, 2.05) is 18.5 Å². The maximum atomic E-state index is 13.1. The summed E-state index contributed by atoms with van der Waals surface area (Å²) < 4.78 is 42.4. The molecule has 2 N–H and O–H groups in total. The Balaban J connectivity index is 0.00000300. The third kappa shape index (κ3) is 5.82. The first-order valence-electron chi connectivity index (χ1n) is 9.37. The van der Waals surface area contributed by atoms with Crippen LogP contribution in [0.5, 0.6) is 0 Å². The van der Waals surface area contributed by atoms with E-state index in [-0.39, 0.29) is 42.1 Å². The Kier molecular flexibility index (Phi) is 7.88. The van der Waals surface area contributed by atoms with Gasteiger partial charge in [0, 0.05) is 44.2 Å². The third-order valence-electron chi connectivity index (χ3n) is 4.48. The number of alkyl halides is 3. The molecule has 0 saturated carbocycles. The molecule has 0 aromatic carbocycles. The molecule has 0 bridgehead atoms. The minimum atomic E-state index is -4.50. The number of nitrogens with one attached hydrogen (secondary N) is 2. The Bertz CT molecular complexity index is 842. The summed E-state index contributed by atoms with van der Waals surface area (Å²) in [4.78, 5) is 8.83. The van der Waals surface area contributed by atoms with Crippen LogP contribution in [-0.2, 0) is 39.2 Å². The van der Waals surface area contributed by atoms with Crippen molar-refractivity contribution in [3.05, 3.63) is 29.1 Å². The number of rotatable bonds is 5. The van der Waals surface area contributed by atoms with Crippen molar-refractivity contribution >= 4 is 29.9 Å². The van der Waals surface area contributed by atoms with Crippen LogP contribution in [0.3, 0.4) is 0 Å². The van der Waals surface area contributed by atoms with E-state index in [1.165, 1.54) is 13.2 Å². The zero-order chi connectivity index (χ0) is 20.3. The van der Waals surface area contributed by atoms with Crippen molar-refractivity contribution in [2.45, 2.75) is 58.4 Å². The Morgan fingerprint density at radius 2 is 2.07 bits per heavy atom. The minimum Gasteiger partial charge on any atom is -0.357 e. The summed E-state index contributed by atoms with van der Waals surface area (Å²) in [5.74, 6) is 2.28. The van der Waals surface area contributed by atoms with E-state index in [1.54, 1.807) is 0 Å². The molecular formula is C17H26F3IN8. The Morgan fingerprint density at radius 3 is 2.72 bits per heavy atom. The minimum absolute atomic E-state index is 0. The number of nitrogens with zero attached hydrogens (tertiary/aromatic N) is 6. The van der Waals surface area contributed by atoms with E-state index in [2.05, 4.69) is 30.8 Å². The van der Waals surface area contributed by atoms with Crippen molar-refractivity contribution in [2.24, 2.45) is 12.0 Å². The van der Waals surface area contributed by atoms with Gasteiger partial charge >= 0.3 is 6.18 Å². The fourth-order valence-corrected chi connectivity index (χ4v) is 3.20. The number of aliphatic imine (C=N–C) groups is 1. The topological polar surface area (TPSA) is 84.9 Å². The molecule has 12 heteroatoms. The quantitative estimate of drug-likeness (QED) is 0.355. The van der Waals surface area contributed by atoms with Crippen LogP contribution in [0.2, 0.25) is 0 Å². The first kappa shape index (κ1) is 23.4. The van der Waals surface area contributed by atoms with Crippen LogP contribution in [-0.4, -0.2) is 43.1 Å². The van der Waals surface area contributed by atoms with E-state index in [0.29, 0.717) is 19.0 Å². The number of hydrogen-bond acceptors (Lipinski definition) is 4. The van der Waals surface area contributed by atoms with Crippen LogP contribution in [0.1, 0.15) is 43.2 Å². The summed E-state index contributed by atoms with van der Waals surface area (Å²) in [6.45, 7) is 5.06. The molecule has 2 aromatic heterocycles. The van der Waals surface area contributed by atoms with Gasteiger partial charge < -0.3 is 10.6 Å². The molecule has 3 heterocycles. The largest absolute Gasteiger partial charge is 0.435 e. The van der Waals surface area contributed by atoms with E-state index in [0.717, 1.165) is 35.6 Å². The lowest BCUT2D eigenvalue weighted by Crippen LogP contribution is -2.47. The molecule has 1 aliphatic rings. The molecular weight excluding hydrogens is 500 g/mol. The number of halogens is 4. The summed E-state index contributed by atoms with van der Waals surface area (Å²) in [5, 5.41) is 14.4. The number of fused-ring (bicyclic) bond motifs is 1. The van der Waals surface area contributed by atoms with Gasteiger partial charge in [-0.25, -0.2) is 14.7 Å². The Morgan fingerprint density at radius 1 is 1.31 bits per heavy atom. The molecule has 0 saturated heterocycles. The molecule has 0 aliphatic carbocycles. The van der Waals surface area contributed by atoms with Crippen LogP contribution >= 0.6 is 24.0 Å². The first-order valence-corrected chi connectivity index (χ1v) is 9.37. The van der Waals surface area contributed by atoms with E-state index in [9.17, 15) is 13.2 Å². The summed E-state index contributed by atoms with van der Waals surface area (Å²) in [5.41, 5.74) is -0.853. The van der Waals surface area contributed by atoms with Crippen LogP contribution in [0.4, 0.5) is 13.2 Å². The maximum Gasteiger partial charge on any atom is 0.435 e. The fraction of sp³-hybridized carbons (Fsp3) is 0.647.